The van der Waals surface area contributed by atoms with E-state index in [1.807, 2.05) is 36.5 Å². The van der Waals surface area contributed by atoms with Crippen molar-refractivity contribution in [3.8, 4) is 5.69 Å². The highest BCUT2D eigenvalue weighted by Gasteiger charge is 2.18. The third kappa shape index (κ3) is 4.50. The molecule has 27 heavy (non-hydrogen) atoms. The number of nitro benzene ring substituents is 1. The summed E-state index contributed by atoms with van der Waals surface area (Å²) in [6.07, 6.45) is 5.27. The lowest BCUT2D eigenvalue weighted by molar-refractivity contribution is -0.384. The fourth-order valence-electron chi connectivity index (χ4n) is 2.60. The first-order chi connectivity index (χ1) is 12.8. The van der Waals surface area contributed by atoms with Gasteiger partial charge in [0.15, 0.2) is 9.84 Å². The van der Waals surface area contributed by atoms with Gasteiger partial charge in [-0.15, -0.1) is 0 Å². The second kappa shape index (κ2) is 7.58. The van der Waals surface area contributed by atoms with E-state index in [1.165, 1.54) is 12.1 Å². The molecule has 0 unspecified atom stereocenters. The standard InChI is InChI=1S/C18H18N4O4S/c1-27(25,26)16-7-8-17(18(11-16)22(23)24)19-10-9-14-12-20-21(13-14)15-5-3-2-4-6-15/h2-8,11-13,19H,9-10H2,1H3. The van der Waals surface area contributed by atoms with E-state index < -0.39 is 14.8 Å². The first-order valence-corrected chi connectivity index (χ1v) is 10.0. The summed E-state index contributed by atoms with van der Waals surface area (Å²) in [5, 5.41) is 18.6. The maximum absolute atomic E-state index is 11.6. The van der Waals surface area contributed by atoms with Gasteiger partial charge >= 0.3 is 0 Å². The van der Waals surface area contributed by atoms with E-state index in [1.54, 1.807) is 10.9 Å². The molecule has 0 saturated heterocycles. The SMILES string of the molecule is CS(=O)(=O)c1ccc(NCCc2cnn(-c3ccccc3)c2)c([N+](=O)[O-])c1. The van der Waals surface area contributed by atoms with E-state index in [9.17, 15) is 18.5 Å². The van der Waals surface area contributed by atoms with Crippen LogP contribution >= 0.6 is 0 Å². The number of anilines is 1. The van der Waals surface area contributed by atoms with Crippen LogP contribution in [0.4, 0.5) is 11.4 Å². The molecule has 1 aromatic heterocycles. The Hall–Kier alpha value is -3.20. The summed E-state index contributed by atoms with van der Waals surface area (Å²) in [4.78, 5) is 10.6. The Balaban J connectivity index is 1.69. The normalized spacial score (nSPS) is 11.3. The smallest absolute Gasteiger partial charge is 0.293 e. The van der Waals surface area contributed by atoms with E-state index in [2.05, 4.69) is 10.4 Å². The maximum atomic E-state index is 11.6. The molecule has 0 atom stereocenters. The molecule has 0 saturated carbocycles. The molecule has 1 N–H and O–H groups in total. The maximum Gasteiger partial charge on any atom is 0.293 e. The highest BCUT2D eigenvalue weighted by molar-refractivity contribution is 7.90. The molecular weight excluding hydrogens is 368 g/mol. The van der Waals surface area contributed by atoms with Gasteiger partial charge in [0, 0.05) is 25.1 Å². The highest BCUT2D eigenvalue weighted by Crippen LogP contribution is 2.27. The lowest BCUT2D eigenvalue weighted by Gasteiger charge is -2.07. The van der Waals surface area contributed by atoms with Gasteiger partial charge in [0.05, 0.1) is 21.7 Å². The number of aromatic nitrogens is 2. The molecule has 1 heterocycles. The van der Waals surface area contributed by atoms with Gasteiger partial charge in [-0.1, -0.05) is 18.2 Å². The largest absolute Gasteiger partial charge is 0.379 e. The predicted molar refractivity (Wildman–Crippen MR) is 102 cm³/mol. The van der Waals surface area contributed by atoms with Crippen molar-refractivity contribution in [3.63, 3.8) is 0 Å². The Bertz CT molecular complexity index is 1060. The summed E-state index contributed by atoms with van der Waals surface area (Å²) < 4.78 is 24.9. The van der Waals surface area contributed by atoms with E-state index in [-0.39, 0.29) is 16.3 Å². The van der Waals surface area contributed by atoms with Gasteiger partial charge in [-0.25, -0.2) is 13.1 Å². The Kier molecular flexibility index (Phi) is 5.22. The van der Waals surface area contributed by atoms with Crippen LogP contribution in [-0.4, -0.2) is 35.9 Å². The van der Waals surface area contributed by atoms with Crippen LogP contribution in [0.2, 0.25) is 0 Å². The molecule has 0 aliphatic carbocycles. The topological polar surface area (TPSA) is 107 Å². The van der Waals surface area contributed by atoms with Gasteiger partial charge in [0.25, 0.3) is 5.69 Å². The zero-order valence-electron chi connectivity index (χ0n) is 14.6. The molecule has 9 heteroatoms. The van der Waals surface area contributed by atoms with Crippen LogP contribution in [0.15, 0.2) is 65.8 Å². The fraction of sp³-hybridized carbons (Fsp3) is 0.167. The molecule has 3 rings (SSSR count). The summed E-state index contributed by atoms with van der Waals surface area (Å²) in [6.45, 7) is 0.444. The predicted octanol–water partition coefficient (Wildman–Crippen LogP) is 2.84. The van der Waals surface area contributed by atoms with Crippen molar-refractivity contribution in [1.29, 1.82) is 0 Å². The van der Waals surface area contributed by atoms with Crippen LogP contribution in [0.5, 0.6) is 0 Å². The van der Waals surface area contributed by atoms with Gasteiger partial charge in [0.2, 0.25) is 0 Å². The molecule has 0 radical (unpaired) electrons. The minimum Gasteiger partial charge on any atom is -0.379 e. The monoisotopic (exact) mass is 386 g/mol. The number of nitrogens with one attached hydrogen (secondary N) is 1. The van der Waals surface area contributed by atoms with Crippen LogP contribution < -0.4 is 5.32 Å². The second-order valence-corrected chi connectivity index (χ2v) is 8.03. The Morgan fingerprint density at radius 3 is 2.59 bits per heavy atom. The molecule has 0 amide bonds. The van der Waals surface area contributed by atoms with E-state index in [0.29, 0.717) is 13.0 Å². The molecule has 3 aromatic rings. The molecule has 140 valence electrons. The number of nitrogens with zero attached hydrogens (tertiary/aromatic N) is 3. The van der Waals surface area contributed by atoms with Crippen LogP contribution in [0.1, 0.15) is 5.56 Å². The first-order valence-electron chi connectivity index (χ1n) is 8.16. The Morgan fingerprint density at radius 1 is 1.19 bits per heavy atom. The van der Waals surface area contributed by atoms with Crippen molar-refractivity contribution >= 4 is 21.2 Å². The Labute approximate surface area is 156 Å². The van der Waals surface area contributed by atoms with Gasteiger partial charge < -0.3 is 5.32 Å². The molecule has 0 fully saturated rings. The van der Waals surface area contributed by atoms with Gasteiger partial charge in [-0.3, -0.25) is 10.1 Å². The summed E-state index contributed by atoms with van der Waals surface area (Å²) in [5.41, 5.74) is 1.94. The Morgan fingerprint density at radius 2 is 1.93 bits per heavy atom. The molecule has 8 nitrogen and oxygen atoms in total. The van der Waals surface area contributed by atoms with Crippen molar-refractivity contribution < 1.29 is 13.3 Å². The third-order valence-corrected chi connectivity index (χ3v) is 5.09. The van der Waals surface area contributed by atoms with Gasteiger partial charge in [-0.05, 0) is 36.2 Å². The number of hydrogen-bond acceptors (Lipinski definition) is 6. The van der Waals surface area contributed by atoms with Gasteiger partial charge in [-0.2, -0.15) is 5.10 Å². The molecular formula is C18H18N4O4S. The molecule has 0 aliphatic heterocycles. The number of rotatable bonds is 7. The van der Waals surface area contributed by atoms with Gasteiger partial charge in [0.1, 0.15) is 5.69 Å². The fourth-order valence-corrected chi connectivity index (χ4v) is 3.24. The molecule has 0 aliphatic rings. The zero-order chi connectivity index (χ0) is 19.4. The number of hydrogen-bond donors (Lipinski definition) is 1. The molecule has 2 aromatic carbocycles. The van der Waals surface area contributed by atoms with Crippen LogP contribution in [0.25, 0.3) is 5.69 Å². The number of para-hydroxylation sites is 1. The minimum absolute atomic E-state index is 0.0797. The lowest BCUT2D eigenvalue weighted by Crippen LogP contribution is -2.08. The van der Waals surface area contributed by atoms with Crippen molar-refractivity contribution in [2.75, 3.05) is 18.1 Å². The second-order valence-electron chi connectivity index (χ2n) is 6.01. The number of sulfone groups is 1. The van der Waals surface area contributed by atoms with E-state index in [0.717, 1.165) is 23.6 Å². The number of benzene rings is 2. The summed E-state index contributed by atoms with van der Waals surface area (Å²) in [5.74, 6) is 0. The quantitative estimate of drug-likeness (QED) is 0.494. The van der Waals surface area contributed by atoms with Crippen LogP contribution in [0.3, 0.4) is 0 Å². The summed E-state index contributed by atoms with van der Waals surface area (Å²) >= 11 is 0. The average molecular weight is 386 g/mol. The lowest BCUT2D eigenvalue weighted by atomic mass is 10.2. The van der Waals surface area contributed by atoms with Crippen molar-refractivity contribution in [1.82, 2.24) is 9.78 Å². The highest BCUT2D eigenvalue weighted by atomic mass is 32.2. The van der Waals surface area contributed by atoms with E-state index >= 15 is 0 Å². The minimum atomic E-state index is -3.51. The van der Waals surface area contributed by atoms with Crippen molar-refractivity contribution in [3.05, 3.63) is 76.6 Å². The van der Waals surface area contributed by atoms with Crippen LogP contribution in [-0.2, 0) is 16.3 Å². The van der Waals surface area contributed by atoms with Crippen LogP contribution in [0, 0.1) is 10.1 Å². The number of nitro groups is 1. The summed E-state index contributed by atoms with van der Waals surface area (Å²) in [6, 6.07) is 13.5. The summed E-state index contributed by atoms with van der Waals surface area (Å²) in [7, 11) is -3.51. The zero-order valence-corrected chi connectivity index (χ0v) is 15.4. The first kappa shape index (κ1) is 18.6. The third-order valence-electron chi connectivity index (χ3n) is 3.98. The molecule has 0 bridgehead atoms. The van der Waals surface area contributed by atoms with Crippen molar-refractivity contribution in [2.45, 2.75) is 11.3 Å². The molecule has 0 spiro atoms. The average Bonchev–Trinajstić information content (AvgIpc) is 3.10. The van der Waals surface area contributed by atoms with E-state index in [4.69, 9.17) is 0 Å². The van der Waals surface area contributed by atoms with Crippen molar-refractivity contribution in [2.24, 2.45) is 0 Å².